The molecule has 0 spiro atoms. The number of hydrogen-bond donors (Lipinski definition) is 3. The van der Waals surface area contributed by atoms with Gasteiger partial charge in [0.25, 0.3) is 11.5 Å². The van der Waals surface area contributed by atoms with Crippen molar-refractivity contribution < 1.29 is 14.7 Å². The zero-order valence-corrected chi connectivity index (χ0v) is 22.2. The van der Waals surface area contributed by atoms with Crippen LogP contribution in [0.1, 0.15) is 72.4 Å². The zero-order chi connectivity index (χ0) is 26.0. The van der Waals surface area contributed by atoms with E-state index >= 15 is 0 Å². The largest absolute Gasteiger partial charge is 0.481 e. The number of H-pyrrole nitrogens is 1. The Balaban J connectivity index is 1.59. The number of para-hydroxylation sites is 1. The van der Waals surface area contributed by atoms with E-state index in [-0.39, 0.29) is 36.4 Å². The van der Waals surface area contributed by atoms with Gasteiger partial charge in [-0.3, -0.25) is 14.4 Å². The molecule has 3 aromatic rings. The maximum Gasteiger partial charge on any atom is 0.303 e. The predicted molar refractivity (Wildman–Crippen MR) is 144 cm³/mol. The minimum atomic E-state index is -0.716. The summed E-state index contributed by atoms with van der Waals surface area (Å²) in [7, 11) is 0. The van der Waals surface area contributed by atoms with E-state index in [0.29, 0.717) is 17.0 Å². The van der Waals surface area contributed by atoms with Gasteiger partial charge in [-0.05, 0) is 76.7 Å². The summed E-state index contributed by atoms with van der Waals surface area (Å²) in [5.74, 6) is -0.222. The molecule has 0 aliphatic heterocycles. The highest BCUT2D eigenvalue weighted by atomic mass is 32.2. The minimum absolute atomic E-state index is 0.159. The van der Waals surface area contributed by atoms with Gasteiger partial charge in [-0.1, -0.05) is 18.2 Å². The van der Waals surface area contributed by atoms with E-state index in [1.807, 2.05) is 44.4 Å². The maximum atomic E-state index is 13.5. The second kappa shape index (κ2) is 10.9. The highest BCUT2D eigenvalue weighted by molar-refractivity contribution is 7.98. The van der Waals surface area contributed by atoms with Gasteiger partial charge in [-0.15, -0.1) is 11.8 Å². The second-order valence-electron chi connectivity index (χ2n) is 9.98. The van der Waals surface area contributed by atoms with Crippen LogP contribution in [0.3, 0.4) is 0 Å². The van der Waals surface area contributed by atoms with Crippen molar-refractivity contribution in [1.82, 2.24) is 14.9 Å². The van der Waals surface area contributed by atoms with Gasteiger partial charge in [0.15, 0.2) is 0 Å². The first-order chi connectivity index (χ1) is 17.2. The van der Waals surface area contributed by atoms with Gasteiger partial charge in [0.2, 0.25) is 0 Å². The molecule has 7 nitrogen and oxygen atoms in total. The van der Waals surface area contributed by atoms with E-state index in [9.17, 15) is 14.4 Å². The van der Waals surface area contributed by atoms with E-state index in [4.69, 9.17) is 5.11 Å². The number of aromatic amines is 1. The Labute approximate surface area is 215 Å². The maximum absolute atomic E-state index is 13.5. The van der Waals surface area contributed by atoms with Crippen LogP contribution in [0.4, 0.5) is 0 Å². The molecule has 1 saturated carbocycles. The molecule has 1 aliphatic rings. The summed E-state index contributed by atoms with van der Waals surface area (Å²) in [6.07, 6.45) is 6.00. The predicted octanol–water partition coefficient (Wildman–Crippen LogP) is 5.44. The Morgan fingerprint density at radius 1 is 1.19 bits per heavy atom. The van der Waals surface area contributed by atoms with Crippen LogP contribution >= 0.6 is 11.8 Å². The average molecular weight is 510 g/mol. The Morgan fingerprint density at radius 2 is 1.89 bits per heavy atom. The second-order valence-corrected chi connectivity index (χ2v) is 10.8. The van der Waals surface area contributed by atoms with Crippen LogP contribution in [0.5, 0.6) is 0 Å². The average Bonchev–Trinajstić information content (AvgIpc) is 3.14. The number of carbonyl (C=O) groups is 2. The lowest BCUT2D eigenvalue weighted by Gasteiger charge is -2.33. The molecule has 1 aliphatic carbocycles. The van der Waals surface area contributed by atoms with Crippen LogP contribution in [-0.4, -0.2) is 32.8 Å². The van der Waals surface area contributed by atoms with Gasteiger partial charge in [0.05, 0.1) is 5.56 Å². The summed E-state index contributed by atoms with van der Waals surface area (Å²) in [4.78, 5) is 40.8. The van der Waals surface area contributed by atoms with Crippen molar-refractivity contribution in [3.63, 3.8) is 0 Å². The summed E-state index contributed by atoms with van der Waals surface area (Å²) in [5, 5.41) is 13.0. The van der Waals surface area contributed by atoms with Crippen LogP contribution in [0.25, 0.3) is 10.9 Å². The van der Waals surface area contributed by atoms with Gasteiger partial charge in [-0.2, -0.15) is 0 Å². The lowest BCUT2D eigenvalue weighted by Crippen LogP contribution is -2.28. The van der Waals surface area contributed by atoms with Gasteiger partial charge in [-0.25, -0.2) is 0 Å². The standard InChI is InChI=1S/C28H35N3O4S/c1-16-13-24(36-4)22(27(34)30-16)15-29-28(35)26-18(3)31(23-8-6-5-7-21(23)26)17(2)20-11-9-19(10-12-20)14-25(32)33/h5-8,13,17,19-20H,9-12,14-15H2,1-4H3,(H,29,35)(H,30,34)(H,32,33)/t17-,19?,20?/m1/s1. The minimum Gasteiger partial charge on any atom is -0.481 e. The fourth-order valence-corrected chi connectivity index (χ4v) is 6.53. The molecule has 0 bridgehead atoms. The normalized spacial score (nSPS) is 18.8. The molecule has 0 unspecified atom stereocenters. The number of nitrogens with one attached hydrogen (secondary N) is 2. The molecule has 4 rings (SSSR count). The number of amides is 1. The first-order valence-corrected chi connectivity index (χ1v) is 13.8. The number of hydrogen-bond acceptors (Lipinski definition) is 4. The van der Waals surface area contributed by atoms with Crippen molar-refractivity contribution in [3.05, 3.63) is 63.2 Å². The van der Waals surface area contributed by atoms with Crippen LogP contribution in [0.15, 0.2) is 40.0 Å². The summed E-state index contributed by atoms with van der Waals surface area (Å²) >= 11 is 1.50. The number of pyridine rings is 1. The Bertz CT molecular complexity index is 1330. The fourth-order valence-electron chi connectivity index (χ4n) is 5.83. The lowest BCUT2D eigenvalue weighted by atomic mass is 9.77. The molecule has 0 saturated heterocycles. The Hall–Kier alpha value is -3.00. The molecular formula is C28H35N3O4S. The van der Waals surface area contributed by atoms with E-state index in [0.717, 1.165) is 52.9 Å². The summed E-state index contributed by atoms with van der Waals surface area (Å²) < 4.78 is 2.28. The number of aromatic nitrogens is 2. The molecular weight excluding hydrogens is 474 g/mol. The van der Waals surface area contributed by atoms with Crippen molar-refractivity contribution >= 4 is 34.5 Å². The van der Waals surface area contributed by atoms with Gasteiger partial charge < -0.3 is 20.0 Å². The van der Waals surface area contributed by atoms with Crippen molar-refractivity contribution in [1.29, 1.82) is 0 Å². The van der Waals surface area contributed by atoms with Crippen LogP contribution in [0, 0.1) is 25.7 Å². The molecule has 1 aromatic carbocycles. The molecule has 1 amide bonds. The quantitative estimate of drug-likeness (QED) is 0.351. The number of fused-ring (bicyclic) bond motifs is 1. The van der Waals surface area contributed by atoms with Crippen LogP contribution in [-0.2, 0) is 11.3 Å². The third-order valence-electron chi connectivity index (χ3n) is 7.70. The molecule has 1 atom stereocenters. The van der Waals surface area contributed by atoms with E-state index in [1.165, 1.54) is 11.8 Å². The molecule has 1 fully saturated rings. The Kier molecular flexibility index (Phi) is 7.93. The third-order valence-corrected chi connectivity index (χ3v) is 8.51. The first kappa shape index (κ1) is 26.1. The van der Waals surface area contributed by atoms with Crippen molar-refractivity contribution in [2.24, 2.45) is 11.8 Å². The summed E-state index contributed by atoms with van der Waals surface area (Å²) in [6.45, 7) is 6.21. The van der Waals surface area contributed by atoms with E-state index < -0.39 is 5.97 Å². The zero-order valence-electron chi connectivity index (χ0n) is 21.4. The number of aliphatic carboxylic acids is 1. The molecule has 8 heteroatoms. The summed E-state index contributed by atoms with van der Waals surface area (Å²) in [5.41, 5.74) is 3.77. The van der Waals surface area contributed by atoms with Gasteiger partial charge in [0, 0.05) is 51.8 Å². The molecule has 192 valence electrons. The van der Waals surface area contributed by atoms with E-state index in [1.54, 1.807) is 0 Å². The van der Waals surface area contributed by atoms with Crippen molar-refractivity contribution in [2.75, 3.05) is 6.26 Å². The lowest BCUT2D eigenvalue weighted by molar-refractivity contribution is -0.138. The van der Waals surface area contributed by atoms with Gasteiger partial charge >= 0.3 is 5.97 Å². The number of aryl methyl sites for hydroxylation is 1. The molecule has 36 heavy (non-hydrogen) atoms. The van der Waals surface area contributed by atoms with Crippen LogP contribution in [0.2, 0.25) is 0 Å². The topological polar surface area (TPSA) is 104 Å². The smallest absolute Gasteiger partial charge is 0.303 e. The number of carbonyl (C=O) groups excluding carboxylic acids is 1. The molecule has 2 heterocycles. The van der Waals surface area contributed by atoms with E-state index in [2.05, 4.69) is 27.9 Å². The molecule has 3 N–H and O–H groups in total. The number of carboxylic acid groups (broad SMARTS) is 1. The fraction of sp³-hybridized carbons (Fsp3) is 0.464. The highest BCUT2D eigenvalue weighted by Gasteiger charge is 2.30. The number of carboxylic acids is 1. The third kappa shape index (κ3) is 5.24. The Morgan fingerprint density at radius 3 is 2.56 bits per heavy atom. The molecule has 2 aromatic heterocycles. The highest BCUT2D eigenvalue weighted by Crippen LogP contribution is 2.40. The number of nitrogens with zero attached hydrogens (tertiary/aromatic N) is 1. The summed E-state index contributed by atoms with van der Waals surface area (Å²) in [6, 6.07) is 10.1. The SMILES string of the molecule is CSc1cc(C)[nH]c(=O)c1CNC(=O)c1c(C)n([C@H](C)C2CCC(CC(=O)O)CC2)c2ccccc12. The number of thioether (sulfide) groups is 1. The molecule has 0 radical (unpaired) electrons. The van der Waals surface area contributed by atoms with Gasteiger partial charge in [0.1, 0.15) is 0 Å². The van der Waals surface area contributed by atoms with Crippen molar-refractivity contribution in [2.45, 2.75) is 70.4 Å². The number of benzene rings is 1. The monoisotopic (exact) mass is 509 g/mol. The first-order valence-electron chi connectivity index (χ1n) is 12.6. The number of rotatable bonds is 8. The van der Waals surface area contributed by atoms with Crippen LogP contribution < -0.4 is 10.9 Å². The van der Waals surface area contributed by atoms with Crippen molar-refractivity contribution in [3.8, 4) is 0 Å².